The Hall–Kier alpha value is -2.87. The Balaban J connectivity index is 1.72. The molecular formula is C20H23N3O4S. The molecule has 1 amide bonds. The van der Waals surface area contributed by atoms with Gasteiger partial charge in [-0.3, -0.25) is 9.52 Å². The van der Waals surface area contributed by atoms with Crippen LogP contribution in [0.2, 0.25) is 0 Å². The first-order valence-electron chi connectivity index (χ1n) is 9.11. The predicted molar refractivity (Wildman–Crippen MR) is 108 cm³/mol. The molecule has 0 heterocycles. The summed E-state index contributed by atoms with van der Waals surface area (Å²) in [4.78, 5) is 12.3. The summed E-state index contributed by atoms with van der Waals surface area (Å²) >= 11 is 0. The van der Waals surface area contributed by atoms with Crippen molar-refractivity contribution in [1.29, 1.82) is 0 Å². The second kappa shape index (κ2) is 8.88. The summed E-state index contributed by atoms with van der Waals surface area (Å²) in [7, 11) is -2.29. The summed E-state index contributed by atoms with van der Waals surface area (Å²) in [6.07, 6.45) is 5.13. The van der Waals surface area contributed by atoms with Crippen LogP contribution in [0.25, 0.3) is 0 Å². The van der Waals surface area contributed by atoms with Gasteiger partial charge in [0.25, 0.3) is 15.9 Å². The molecule has 0 radical (unpaired) electrons. The Bertz CT molecular complexity index is 961. The molecule has 1 aliphatic rings. The zero-order chi connectivity index (χ0) is 20.0. The van der Waals surface area contributed by atoms with Gasteiger partial charge in [0, 0.05) is 17.0 Å². The van der Waals surface area contributed by atoms with Crippen LogP contribution in [0.3, 0.4) is 0 Å². The van der Waals surface area contributed by atoms with E-state index < -0.39 is 15.9 Å². The number of ether oxygens (including phenoxy) is 1. The van der Waals surface area contributed by atoms with E-state index in [2.05, 4.69) is 15.2 Å². The van der Waals surface area contributed by atoms with Crippen molar-refractivity contribution < 1.29 is 17.9 Å². The third-order valence-electron chi connectivity index (χ3n) is 4.50. The molecule has 7 nitrogen and oxygen atoms in total. The van der Waals surface area contributed by atoms with Gasteiger partial charge in [0.15, 0.2) is 0 Å². The summed E-state index contributed by atoms with van der Waals surface area (Å²) in [5.41, 5.74) is 4.14. The molecule has 3 rings (SSSR count). The number of hydrazone groups is 1. The van der Waals surface area contributed by atoms with Crippen molar-refractivity contribution in [2.45, 2.75) is 37.0 Å². The van der Waals surface area contributed by atoms with E-state index in [4.69, 9.17) is 4.74 Å². The van der Waals surface area contributed by atoms with Gasteiger partial charge in [-0.2, -0.15) is 5.10 Å². The van der Waals surface area contributed by atoms with Gasteiger partial charge in [0.05, 0.1) is 12.0 Å². The van der Waals surface area contributed by atoms with Crippen molar-refractivity contribution in [3.05, 3.63) is 54.1 Å². The summed E-state index contributed by atoms with van der Waals surface area (Å²) in [5.74, 6) is 0.195. The van der Waals surface area contributed by atoms with E-state index in [1.54, 1.807) is 30.3 Å². The first-order valence-corrected chi connectivity index (χ1v) is 10.6. The average molecular weight is 401 g/mol. The number of anilines is 1. The van der Waals surface area contributed by atoms with Gasteiger partial charge >= 0.3 is 0 Å². The summed E-state index contributed by atoms with van der Waals surface area (Å²) in [5, 5.41) is 4.18. The van der Waals surface area contributed by atoms with Gasteiger partial charge < -0.3 is 4.74 Å². The van der Waals surface area contributed by atoms with Crippen LogP contribution in [-0.2, 0) is 10.0 Å². The third kappa shape index (κ3) is 5.10. The second-order valence-electron chi connectivity index (χ2n) is 6.54. The number of carbonyl (C=O) groups is 1. The summed E-state index contributed by atoms with van der Waals surface area (Å²) in [6, 6.07) is 12.4. The molecule has 1 fully saturated rings. The minimum absolute atomic E-state index is 0.00119. The predicted octanol–water partition coefficient (Wildman–Crippen LogP) is 3.55. The number of methoxy groups -OCH3 is 1. The smallest absolute Gasteiger partial charge is 0.271 e. The summed E-state index contributed by atoms with van der Waals surface area (Å²) in [6.45, 7) is 0. The maximum absolute atomic E-state index is 12.6. The van der Waals surface area contributed by atoms with Crippen LogP contribution in [0, 0.1) is 0 Å². The molecule has 1 saturated carbocycles. The number of amides is 1. The molecule has 0 aliphatic heterocycles. The number of benzene rings is 2. The number of nitrogens with zero attached hydrogens (tertiary/aromatic N) is 1. The van der Waals surface area contributed by atoms with Crippen molar-refractivity contribution in [1.82, 2.24) is 5.43 Å². The summed E-state index contributed by atoms with van der Waals surface area (Å²) < 4.78 is 32.8. The normalized spacial score (nSPS) is 14.2. The minimum atomic E-state index is -3.83. The van der Waals surface area contributed by atoms with Crippen LogP contribution < -0.4 is 14.9 Å². The van der Waals surface area contributed by atoms with Gasteiger partial charge in [-0.05, 0) is 68.1 Å². The molecule has 148 valence electrons. The molecule has 1 aliphatic carbocycles. The first kappa shape index (κ1) is 19.9. The molecule has 0 spiro atoms. The largest absolute Gasteiger partial charge is 0.497 e. The van der Waals surface area contributed by atoms with Crippen molar-refractivity contribution in [2.75, 3.05) is 11.8 Å². The zero-order valence-corrected chi connectivity index (χ0v) is 16.5. The van der Waals surface area contributed by atoms with E-state index in [0.29, 0.717) is 11.4 Å². The fourth-order valence-electron chi connectivity index (χ4n) is 2.94. The number of hydrogen-bond acceptors (Lipinski definition) is 5. The molecule has 0 saturated heterocycles. The van der Waals surface area contributed by atoms with E-state index in [0.717, 1.165) is 31.4 Å². The van der Waals surface area contributed by atoms with Crippen LogP contribution in [-0.4, -0.2) is 27.1 Å². The minimum Gasteiger partial charge on any atom is -0.497 e. The van der Waals surface area contributed by atoms with Crippen LogP contribution in [0.4, 0.5) is 5.69 Å². The highest BCUT2D eigenvalue weighted by Gasteiger charge is 2.17. The first-order chi connectivity index (χ1) is 13.5. The Kier molecular flexibility index (Phi) is 6.30. The highest BCUT2D eigenvalue weighted by Crippen LogP contribution is 2.20. The zero-order valence-electron chi connectivity index (χ0n) is 15.6. The molecule has 0 unspecified atom stereocenters. The van der Waals surface area contributed by atoms with Gasteiger partial charge in [0.2, 0.25) is 0 Å². The maximum Gasteiger partial charge on any atom is 0.271 e. The Morgan fingerprint density at radius 2 is 1.75 bits per heavy atom. The van der Waals surface area contributed by atoms with Crippen molar-refractivity contribution >= 4 is 27.3 Å². The SMILES string of the molecule is COc1ccc(NS(=O)(=O)c2cccc(C(=O)NN=C3CCCCC3)c2)cc1. The van der Waals surface area contributed by atoms with E-state index in [9.17, 15) is 13.2 Å². The molecule has 2 N–H and O–H groups in total. The third-order valence-corrected chi connectivity index (χ3v) is 5.87. The van der Waals surface area contributed by atoms with Gasteiger partial charge in [-0.1, -0.05) is 12.5 Å². The number of rotatable bonds is 6. The molecule has 0 atom stereocenters. The van der Waals surface area contributed by atoms with E-state index >= 15 is 0 Å². The molecular weight excluding hydrogens is 378 g/mol. The van der Waals surface area contributed by atoms with E-state index in [-0.39, 0.29) is 10.5 Å². The maximum atomic E-state index is 12.6. The Morgan fingerprint density at radius 1 is 1.04 bits per heavy atom. The van der Waals surface area contributed by atoms with Gasteiger partial charge in [0.1, 0.15) is 5.75 Å². The Morgan fingerprint density at radius 3 is 2.43 bits per heavy atom. The van der Waals surface area contributed by atoms with Gasteiger partial charge in [-0.15, -0.1) is 0 Å². The number of carbonyl (C=O) groups excluding carboxylic acids is 1. The van der Waals surface area contributed by atoms with Crippen molar-refractivity contribution in [2.24, 2.45) is 5.10 Å². The standard InChI is InChI=1S/C20H23N3O4S/c1-27-18-12-10-17(11-13-18)23-28(25,26)19-9-5-6-15(14-19)20(24)22-21-16-7-3-2-4-8-16/h5-6,9-14,23H,2-4,7-8H2,1H3,(H,22,24). The fraction of sp³-hybridized carbons (Fsp3) is 0.300. The molecule has 2 aromatic carbocycles. The lowest BCUT2D eigenvalue weighted by atomic mass is 9.99. The molecule has 28 heavy (non-hydrogen) atoms. The number of hydrogen-bond donors (Lipinski definition) is 2. The fourth-order valence-corrected chi connectivity index (χ4v) is 4.05. The van der Waals surface area contributed by atoms with Crippen LogP contribution >= 0.6 is 0 Å². The molecule has 8 heteroatoms. The average Bonchev–Trinajstić information content (AvgIpc) is 2.73. The van der Waals surface area contributed by atoms with Crippen molar-refractivity contribution in [3.63, 3.8) is 0 Å². The van der Waals surface area contributed by atoms with Crippen LogP contribution in [0.15, 0.2) is 58.5 Å². The lowest BCUT2D eigenvalue weighted by Gasteiger charge is -2.12. The topological polar surface area (TPSA) is 96.9 Å². The van der Waals surface area contributed by atoms with E-state index in [1.807, 2.05) is 0 Å². The molecule has 2 aromatic rings. The lowest BCUT2D eigenvalue weighted by molar-refractivity contribution is 0.0954. The Labute approximate surface area is 164 Å². The lowest BCUT2D eigenvalue weighted by Crippen LogP contribution is -2.21. The monoisotopic (exact) mass is 401 g/mol. The molecule has 0 bridgehead atoms. The van der Waals surface area contributed by atoms with Gasteiger partial charge in [-0.25, -0.2) is 13.8 Å². The van der Waals surface area contributed by atoms with E-state index in [1.165, 1.54) is 31.7 Å². The van der Waals surface area contributed by atoms with Crippen LogP contribution in [0.5, 0.6) is 5.75 Å². The number of nitrogens with one attached hydrogen (secondary N) is 2. The quantitative estimate of drug-likeness (QED) is 0.724. The second-order valence-corrected chi connectivity index (χ2v) is 8.22. The highest BCUT2D eigenvalue weighted by atomic mass is 32.2. The van der Waals surface area contributed by atoms with Crippen LogP contribution in [0.1, 0.15) is 42.5 Å². The number of sulfonamides is 1. The molecule has 0 aromatic heterocycles. The van der Waals surface area contributed by atoms with Crippen molar-refractivity contribution in [3.8, 4) is 5.75 Å². The highest BCUT2D eigenvalue weighted by molar-refractivity contribution is 7.92.